The smallest absolute Gasteiger partial charge is 0.134 e. The van der Waals surface area contributed by atoms with E-state index in [1.165, 1.54) is 0 Å². The van der Waals surface area contributed by atoms with Crippen molar-refractivity contribution < 1.29 is 42.0 Å². The molecule has 0 fully saturated rings. The van der Waals surface area contributed by atoms with E-state index in [0.29, 0.717) is 65.9 Å². The van der Waals surface area contributed by atoms with Gasteiger partial charge in [-0.2, -0.15) is 0 Å². The minimum atomic E-state index is 0.428. The minimum absolute atomic E-state index is 0.428. The van der Waals surface area contributed by atoms with Crippen molar-refractivity contribution in [2.75, 3.05) is 52.9 Å². The summed E-state index contributed by atoms with van der Waals surface area (Å²) in [5, 5.41) is 12.1. The molecular formula is C48H59N3O9. The van der Waals surface area contributed by atoms with Crippen LogP contribution in [0.25, 0.3) is 22.3 Å². The molecule has 0 N–H and O–H groups in total. The molecule has 6 rings (SSSR count). The zero-order valence-electron chi connectivity index (χ0n) is 36.0. The van der Waals surface area contributed by atoms with E-state index in [9.17, 15) is 0 Å². The molecule has 60 heavy (non-hydrogen) atoms. The molecule has 0 atom stereocenters. The lowest BCUT2D eigenvalue weighted by molar-refractivity contribution is 0.0985. The van der Waals surface area contributed by atoms with Crippen LogP contribution in [0.1, 0.15) is 76.7 Å². The lowest BCUT2D eigenvalue weighted by atomic mass is 9.92. The van der Waals surface area contributed by atoms with Gasteiger partial charge in [0.15, 0.2) is 0 Å². The van der Waals surface area contributed by atoms with E-state index in [-0.39, 0.29) is 0 Å². The van der Waals surface area contributed by atoms with Gasteiger partial charge in [-0.05, 0) is 126 Å². The largest absolute Gasteiger partial charge is 0.494 e. The Hall–Kier alpha value is -5.43. The molecule has 12 heteroatoms. The van der Waals surface area contributed by atoms with Gasteiger partial charge >= 0.3 is 0 Å². The molecule has 3 aromatic carbocycles. The summed E-state index contributed by atoms with van der Waals surface area (Å²) in [6.07, 6.45) is 4.84. The average molecular weight is 822 g/mol. The highest BCUT2D eigenvalue weighted by Crippen LogP contribution is 2.42. The highest BCUT2D eigenvalue weighted by Gasteiger charge is 2.18. The van der Waals surface area contributed by atoms with Crippen LogP contribution in [-0.4, -0.2) is 68.3 Å². The monoisotopic (exact) mass is 821 g/mol. The molecule has 0 saturated heterocycles. The molecular weight excluding hydrogens is 763 g/mol. The first-order valence-electron chi connectivity index (χ1n) is 21.0. The maximum absolute atomic E-state index is 6.64. The van der Waals surface area contributed by atoms with Crippen molar-refractivity contribution in [3.63, 3.8) is 0 Å². The summed E-state index contributed by atoms with van der Waals surface area (Å²) in [4.78, 5) is 0. The van der Waals surface area contributed by atoms with Crippen molar-refractivity contribution in [1.29, 1.82) is 0 Å². The van der Waals surface area contributed by atoms with Crippen LogP contribution >= 0.6 is 0 Å². The number of rotatable bonds is 26. The predicted octanol–water partition coefficient (Wildman–Crippen LogP) is 10.3. The molecule has 0 amide bonds. The van der Waals surface area contributed by atoms with E-state index in [4.69, 9.17) is 42.0 Å². The molecule has 0 bridgehead atoms. The molecule has 0 saturated carbocycles. The molecule has 3 heterocycles. The number of ether oxygens (including phenoxy) is 6. The second-order valence-corrected chi connectivity index (χ2v) is 15.2. The topological polar surface area (TPSA) is 133 Å². The fourth-order valence-electron chi connectivity index (χ4n) is 6.79. The normalized spacial score (nSPS) is 11.4. The van der Waals surface area contributed by atoms with Crippen LogP contribution < -0.4 is 14.2 Å². The van der Waals surface area contributed by atoms with Crippen molar-refractivity contribution in [2.45, 2.75) is 86.7 Å². The van der Waals surface area contributed by atoms with Crippen molar-refractivity contribution in [1.82, 2.24) is 15.5 Å². The van der Waals surface area contributed by atoms with Gasteiger partial charge in [-0.3, -0.25) is 0 Å². The van der Waals surface area contributed by atoms with Gasteiger partial charge in [-0.15, -0.1) is 0 Å². The molecule has 6 aromatic rings. The zero-order chi connectivity index (χ0) is 42.1. The molecule has 320 valence electrons. The maximum atomic E-state index is 6.64. The SMILES string of the molecule is Cc1ccc(OCCOCCCc2cc(C)on2)c(-c2cc(OCCCOCCc3cc(C)on3)c(-c3cc(OCCCCOCc4cc(C)on4)ccc3C)cc2C)c1. The Kier molecular flexibility index (Phi) is 16.8. The average Bonchev–Trinajstić information content (AvgIpc) is 3.98. The van der Waals surface area contributed by atoms with E-state index in [1.54, 1.807) is 0 Å². The predicted molar refractivity (Wildman–Crippen MR) is 229 cm³/mol. The number of unbranched alkanes of at least 4 members (excludes halogenated alkanes) is 1. The van der Waals surface area contributed by atoms with Crippen LogP contribution in [0.3, 0.4) is 0 Å². The molecule has 0 aliphatic heterocycles. The Labute approximate surface area is 353 Å². The first kappa shape index (κ1) is 44.1. The quantitative estimate of drug-likeness (QED) is 0.0482. The molecule has 0 unspecified atom stereocenters. The Morgan fingerprint density at radius 2 is 1.03 bits per heavy atom. The number of aryl methyl sites for hydroxylation is 7. The Balaban J connectivity index is 1.11. The molecule has 12 nitrogen and oxygen atoms in total. The van der Waals surface area contributed by atoms with Crippen LogP contribution in [0.4, 0.5) is 0 Å². The van der Waals surface area contributed by atoms with Crippen molar-refractivity contribution >= 4 is 0 Å². The Bertz CT molecular complexity index is 2220. The van der Waals surface area contributed by atoms with E-state index >= 15 is 0 Å². The summed E-state index contributed by atoms with van der Waals surface area (Å²) < 4.78 is 52.3. The van der Waals surface area contributed by atoms with E-state index < -0.39 is 0 Å². The van der Waals surface area contributed by atoms with Gasteiger partial charge in [0, 0.05) is 62.0 Å². The van der Waals surface area contributed by atoms with Gasteiger partial charge in [-0.25, -0.2) is 0 Å². The summed E-state index contributed by atoms with van der Waals surface area (Å²) >= 11 is 0. The molecule has 0 radical (unpaired) electrons. The van der Waals surface area contributed by atoms with E-state index in [0.717, 1.165) is 123 Å². The fraction of sp³-hybridized carbons (Fsp3) is 0.438. The van der Waals surface area contributed by atoms with Crippen molar-refractivity contribution in [3.05, 3.63) is 118 Å². The minimum Gasteiger partial charge on any atom is -0.494 e. The summed E-state index contributed by atoms with van der Waals surface area (Å²) in [6, 6.07) is 22.7. The van der Waals surface area contributed by atoms with Crippen LogP contribution in [-0.2, 0) is 33.7 Å². The van der Waals surface area contributed by atoms with Gasteiger partial charge in [-0.1, -0.05) is 33.2 Å². The van der Waals surface area contributed by atoms with Gasteiger partial charge in [0.05, 0.1) is 44.4 Å². The standard InChI is InChI=1S/C48H59N3O9/c1-33-12-15-47(57-24-23-53-18-9-11-39-27-36(4)58-49-39)45(25-33)44-31-48(56-21-10-19-52-22-16-40-28-37(5)59-50-40)46(26-35(44)3)43-30-42(14-13-34(43)2)55-20-8-7-17-54-32-41-29-38(6)60-51-41/h12-15,25-31H,7-11,16-24,32H2,1-6H3. The Morgan fingerprint density at radius 1 is 0.417 bits per heavy atom. The third kappa shape index (κ3) is 13.6. The van der Waals surface area contributed by atoms with E-state index in [2.05, 4.69) is 72.6 Å². The third-order valence-corrected chi connectivity index (χ3v) is 9.88. The number of aromatic nitrogens is 3. The number of nitrogens with zero attached hydrogens (tertiary/aromatic N) is 3. The second kappa shape index (κ2) is 22.8. The third-order valence-electron chi connectivity index (χ3n) is 9.88. The first-order valence-corrected chi connectivity index (χ1v) is 21.0. The number of hydrogen-bond donors (Lipinski definition) is 0. The van der Waals surface area contributed by atoms with E-state index in [1.807, 2.05) is 51.1 Å². The van der Waals surface area contributed by atoms with Gasteiger partial charge < -0.3 is 42.0 Å². The molecule has 0 aliphatic carbocycles. The summed E-state index contributed by atoms with van der Waals surface area (Å²) in [6.45, 7) is 16.8. The lowest BCUT2D eigenvalue weighted by Crippen LogP contribution is -2.09. The van der Waals surface area contributed by atoms with Gasteiger partial charge in [0.25, 0.3) is 0 Å². The van der Waals surface area contributed by atoms with Crippen LogP contribution in [0.2, 0.25) is 0 Å². The van der Waals surface area contributed by atoms with Crippen molar-refractivity contribution in [3.8, 4) is 39.5 Å². The molecule has 3 aromatic heterocycles. The van der Waals surface area contributed by atoms with Crippen LogP contribution in [0, 0.1) is 41.5 Å². The van der Waals surface area contributed by atoms with Crippen LogP contribution in [0.5, 0.6) is 17.2 Å². The molecule has 0 spiro atoms. The Morgan fingerprint density at radius 3 is 1.78 bits per heavy atom. The highest BCUT2D eigenvalue weighted by molar-refractivity contribution is 5.83. The molecule has 0 aliphatic rings. The fourth-order valence-corrected chi connectivity index (χ4v) is 6.79. The summed E-state index contributed by atoms with van der Waals surface area (Å²) in [7, 11) is 0. The number of benzene rings is 3. The van der Waals surface area contributed by atoms with Gasteiger partial charge in [0.1, 0.15) is 46.8 Å². The lowest BCUT2D eigenvalue weighted by Gasteiger charge is -2.20. The first-order chi connectivity index (χ1) is 29.2. The van der Waals surface area contributed by atoms with Gasteiger partial charge in [0.2, 0.25) is 0 Å². The number of hydrogen-bond acceptors (Lipinski definition) is 12. The summed E-state index contributed by atoms with van der Waals surface area (Å²) in [5.74, 6) is 4.79. The zero-order valence-corrected chi connectivity index (χ0v) is 36.0. The van der Waals surface area contributed by atoms with Crippen molar-refractivity contribution in [2.24, 2.45) is 0 Å². The maximum Gasteiger partial charge on any atom is 0.134 e. The highest BCUT2D eigenvalue weighted by atomic mass is 16.5. The second-order valence-electron chi connectivity index (χ2n) is 15.2. The summed E-state index contributed by atoms with van der Waals surface area (Å²) in [5.41, 5.74) is 10.1. The van der Waals surface area contributed by atoms with Crippen LogP contribution in [0.15, 0.2) is 80.3 Å².